The topological polar surface area (TPSA) is 38.3 Å². The molecule has 0 fully saturated rings. The van der Waals surface area contributed by atoms with E-state index in [0.717, 1.165) is 11.3 Å². The molecule has 0 aliphatic rings. The maximum absolute atomic E-state index is 10.6. The van der Waals surface area contributed by atoms with Crippen LogP contribution >= 0.6 is 0 Å². The second-order valence-electron chi connectivity index (χ2n) is 3.24. The Hall–Kier alpha value is -1.95. The molecule has 0 aliphatic heterocycles. The van der Waals surface area contributed by atoms with Crippen molar-refractivity contribution < 1.29 is 9.53 Å². The van der Waals surface area contributed by atoms with Crippen molar-refractivity contribution in [1.82, 2.24) is 5.32 Å². The maximum atomic E-state index is 10.6. The maximum Gasteiger partial charge on any atom is 0.216 e. The summed E-state index contributed by atoms with van der Waals surface area (Å²) in [5.74, 6) is 6.74. The van der Waals surface area contributed by atoms with Crippen LogP contribution in [0.25, 0.3) is 0 Å². The van der Waals surface area contributed by atoms with Crippen molar-refractivity contribution in [2.24, 2.45) is 0 Å². The third kappa shape index (κ3) is 4.05. The van der Waals surface area contributed by atoms with Gasteiger partial charge in [-0.25, -0.2) is 0 Å². The van der Waals surface area contributed by atoms with Crippen molar-refractivity contribution in [1.29, 1.82) is 0 Å². The highest BCUT2D eigenvalue weighted by Crippen LogP contribution is 2.15. The Labute approximate surface area is 95.8 Å². The number of methoxy groups -OCH3 is 1. The third-order valence-corrected chi connectivity index (χ3v) is 1.95. The van der Waals surface area contributed by atoms with Crippen LogP contribution in [0.2, 0.25) is 0 Å². The lowest BCUT2D eigenvalue weighted by Crippen LogP contribution is -2.20. The lowest BCUT2D eigenvalue weighted by Gasteiger charge is -2.01. The molecule has 1 aromatic rings. The van der Waals surface area contributed by atoms with E-state index in [1.165, 1.54) is 6.92 Å². The molecule has 0 heterocycles. The molecule has 0 aromatic heterocycles. The Morgan fingerprint density at radius 3 is 2.88 bits per heavy atom. The minimum atomic E-state index is -0.0286. The lowest BCUT2D eigenvalue weighted by molar-refractivity contribution is -0.118. The predicted octanol–water partition coefficient (Wildman–Crippen LogP) is 1.57. The summed E-state index contributed by atoms with van der Waals surface area (Å²) in [5, 5.41) is 2.69. The first kappa shape index (κ1) is 12.1. The van der Waals surface area contributed by atoms with Crippen molar-refractivity contribution in [3.8, 4) is 17.6 Å². The van der Waals surface area contributed by atoms with Crippen LogP contribution in [-0.4, -0.2) is 19.6 Å². The van der Waals surface area contributed by atoms with Gasteiger partial charge in [-0.05, 0) is 12.1 Å². The summed E-state index contributed by atoms with van der Waals surface area (Å²) in [6.07, 6.45) is 0.637. The van der Waals surface area contributed by atoms with Crippen molar-refractivity contribution >= 4 is 5.91 Å². The monoisotopic (exact) mass is 217 g/mol. The first-order valence-corrected chi connectivity index (χ1v) is 5.10. The number of nitrogens with one attached hydrogen (secondary N) is 1. The van der Waals surface area contributed by atoms with Gasteiger partial charge in [-0.3, -0.25) is 4.79 Å². The molecule has 0 atom stereocenters. The molecule has 1 N–H and O–H groups in total. The van der Waals surface area contributed by atoms with Crippen molar-refractivity contribution in [3.05, 3.63) is 29.8 Å². The number of carbonyl (C=O) groups is 1. The highest BCUT2D eigenvalue weighted by molar-refractivity contribution is 5.72. The van der Waals surface area contributed by atoms with Gasteiger partial charge in [0, 0.05) is 19.9 Å². The molecule has 0 radical (unpaired) electrons. The quantitative estimate of drug-likeness (QED) is 0.616. The zero-order chi connectivity index (χ0) is 11.8. The molecular weight excluding hydrogens is 202 g/mol. The third-order valence-electron chi connectivity index (χ3n) is 1.95. The van der Waals surface area contributed by atoms with Crippen molar-refractivity contribution in [2.45, 2.75) is 13.3 Å². The van der Waals surface area contributed by atoms with E-state index in [-0.39, 0.29) is 5.91 Å². The van der Waals surface area contributed by atoms with Gasteiger partial charge in [0.1, 0.15) is 5.75 Å². The number of ether oxygens (including phenoxy) is 1. The zero-order valence-electron chi connectivity index (χ0n) is 9.54. The molecule has 16 heavy (non-hydrogen) atoms. The van der Waals surface area contributed by atoms with Gasteiger partial charge in [0.2, 0.25) is 5.91 Å². The van der Waals surface area contributed by atoms with Crippen LogP contribution < -0.4 is 10.1 Å². The summed E-state index contributed by atoms with van der Waals surface area (Å²) < 4.78 is 5.17. The van der Waals surface area contributed by atoms with E-state index in [0.29, 0.717) is 13.0 Å². The van der Waals surface area contributed by atoms with Crippen LogP contribution in [0.15, 0.2) is 24.3 Å². The van der Waals surface area contributed by atoms with E-state index in [4.69, 9.17) is 4.74 Å². The molecule has 0 saturated carbocycles. The van der Waals surface area contributed by atoms with Crippen LogP contribution in [0.4, 0.5) is 0 Å². The van der Waals surface area contributed by atoms with E-state index in [9.17, 15) is 4.79 Å². The van der Waals surface area contributed by atoms with E-state index in [1.54, 1.807) is 7.11 Å². The molecule has 1 rings (SSSR count). The summed E-state index contributed by atoms with van der Waals surface area (Å²) >= 11 is 0. The molecule has 0 saturated heterocycles. The van der Waals surface area contributed by atoms with Gasteiger partial charge in [-0.15, -0.1) is 0 Å². The number of rotatable bonds is 3. The molecule has 0 aliphatic carbocycles. The van der Waals surface area contributed by atoms with Crippen LogP contribution in [-0.2, 0) is 4.79 Å². The van der Waals surface area contributed by atoms with Gasteiger partial charge in [-0.2, -0.15) is 0 Å². The highest BCUT2D eigenvalue weighted by Gasteiger charge is 1.95. The fourth-order valence-electron chi connectivity index (χ4n) is 1.21. The zero-order valence-corrected chi connectivity index (χ0v) is 9.54. The lowest BCUT2D eigenvalue weighted by atomic mass is 10.2. The number of para-hydroxylation sites is 1. The summed E-state index contributed by atoms with van der Waals surface area (Å²) in [4.78, 5) is 10.6. The van der Waals surface area contributed by atoms with Crippen molar-refractivity contribution in [2.75, 3.05) is 13.7 Å². The standard InChI is InChI=1S/C13H15NO2/c1-11(15)14-10-6-5-8-12-7-3-4-9-13(12)16-2/h3-4,7,9H,6,10H2,1-2H3,(H,14,15). The largest absolute Gasteiger partial charge is 0.495 e. The molecule has 0 bridgehead atoms. The van der Waals surface area contributed by atoms with Gasteiger partial charge in [0.15, 0.2) is 0 Å². The molecule has 1 aromatic carbocycles. The van der Waals surface area contributed by atoms with E-state index in [1.807, 2.05) is 24.3 Å². The minimum absolute atomic E-state index is 0.0286. The molecule has 1 amide bonds. The van der Waals surface area contributed by atoms with E-state index >= 15 is 0 Å². The fourth-order valence-corrected chi connectivity index (χ4v) is 1.21. The number of hydrogen-bond donors (Lipinski definition) is 1. The summed E-state index contributed by atoms with van der Waals surface area (Å²) in [5.41, 5.74) is 0.868. The summed E-state index contributed by atoms with van der Waals surface area (Å²) in [6, 6.07) is 7.60. The molecule has 0 unspecified atom stereocenters. The molecular formula is C13H15NO2. The average molecular weight is 217 g/mol. The average Bonchev–Trinajstić information content (AvgIpc) is 2.29. The number of hydrogen-bond acceptors (Lipinski definition) is 2. The fraction of sp³-hybridized carbons (Fsp3) is 0.308. The second kappa shape index (κ2) is 6.52. The number of benzene rings is 1. The normalized spacial score (nSPS) is 8.88. The number of carbonyl (C=O) groups excluding carboxylic acids is 1. The van der Waals surface area contributed by atoms with Gasteiger partial charge >= 0.3 is 0 Å². The first-order chi connectivity index (χ1) is 7.74. The van der Waals surface area contributed by atoms with Crippen LogP contribution in [0.3, 0.4) is 0 Å². The van der Waals surface area contributed by atoms with Gasteiger partial charge < -0.3 is 10.1 Å². The van der Waals surface area contributed by atoms with Gasteiger partial charge in [0.05, 0.1) is 12.7 Å². The van der Waals surface area contributed by atoms with E-state index in [2.05, 4.69) is 17.2 Å². The summed E-state index contributed by atoms with van der Waals surface area (Å²) in [6.45, 7) is 2.07. The van der Waals surface area contributed by atoms with Crippen molar-refractivity contribution in [3.63, 3.8) is 0 Å². The molecule has 3 heteroatoms. The first-order valence-electron chi connectivity index (χ1n) is 5.10. The molecule has 0 spiro atoms. The summed E-state index contributed by atoms with van der Waals surface area (Å²) in [7, 11) is 1.62. The predicted molar refractivity (Wildman–Crippen MR) is 63.2 cm³/mol. The Morgan fingerprint density at radius 1 is 1.44 bits per heavy atom. The van der Waals surface area contributed by atoms with Crippen LogP contribution in [0, 0.1) is 11.8 Å². The Bertz CT molecular complexity index is 415. The Morgan fingerprint density at radius 2 is 2.19 bits per heavy atom. The Balaban J connectivity index is 2.52. The van der Waals surface area contributed by atoms with E-state index < -0.39 is 0 Å². The molecule has 3 nitrogen and oxygen atoms in total. The highest BCUT2D eigenvalue weighted by atomic mass is 16.5. The van der Waals surface area contributed by atoms with Crippen LogP contribution in [0.5, 0.6) is 5.75 Å². The second-order valence-corrected chi connectivity index (χ2v) is 3.24. The number of amides is 1. The smallest absolute Gasteiger partial charge is 0.216 e. The molecule has 84 valence electrons. The Kier molecular flexibility index (Phi) is 4.94. The van der Waals surface area contributed by atoms with Crippen LogP contribution in [0.1, 0.15) is 18.9 Å². The van der Waals surface area contributed by atoms with Gasteiger partial charge in [0.25, 0.3) is 0 Å². The SMILES string of the molecule is COc1ccccc1C#CCCNC(C)=O. The minimum Gasteiger partial charge on any atom is -0.495 e. The van der Waals surface area contributed by atoms with Gasteiger partial charge in [-0.1, -0.05) is 24.0 Å².